The Hall–Kier alpha value is -2.43. The van der Waals surface area contributed by atoms with E-state index in [9.17, 15) is 21.9 Å². The summed E-state index contributed by atoms with van der Waals surface area (Å²) in [5.74, 6) is 0.636. The number of thiophene rings is 1. The van der Waals surface area contributed by atoms with Gasteiger partial charge < -0.3 is 24.3 Å². The molecule has 216 valence electrons. The van der Waals surface area contributed by atoms with E-state index in [0.29, 0.717) is 11.5 Å². The van der Waals surface area contributed by atoms with Gasteiger partial charge in [0.05, 0.1) is 5.69 Å². The van der Waals surface area contributed by atoms with E-state index >= 15 is 0 Å². The van der Waals surface area contributed by atoms with Crippen LogP contribution in [-0.4, -0.2) is 57.8 Å². The number of hydrogen-bond donors (Lipinski definition) is 3. The van der Waals surface area contributed by atoms with Gasteiger partial charge in [0.15, 0.2) is 22.1 Å². The average molecular weight is 603 g/mol. The summed E-state index contributed by atoms with van der Waals surface area (Å²) in [7, 11) is -8.13. The van der Waals surface area contributed by atoms with Gasteiger partial charge in [-0.05, 0) is 31.4 Å². The number of anilines is 1. The fraction of sp³-hybridized carbons (Fsp3) is 0.542. The number of furan rings is 1. The molecule has 1 fully saturated rings. The van der Waals surface area contributed by atoms with Gasteiger partial charge in [-0.25, -0.2) is 16.8 Å². The standard InChI is InChI=1S/C24H34N4O8S3/c1-8-28(9-2)39(32,33)23-18(29)15(12-37-23)25-17-19(22-35-14(4)36-22)38(30,31)27-21(17)26-20(24(5,6)7)16-11-10-13(3)34-16/h10-12,14,20,22,25,29H,8-9H2,1-7H3,(H,26,27)/t14?,20-,22?/m0/s1. The lowest BCUT2D eigenvalue weighted by Crippen LogP contribution is -2.42. The SMILES string of the molecule is CCN(CC)S(=O)(=O)c1scc(NC2=C(C3OC(C)O3)S(=O)(=O)NC2=N[C@@H](c2ccc(C)o2)C(C)(C)C)c1O. The molecule has 3 N–H and O–H groups in total. The molecule has 1 saturated heterocycles. The Labute approximate surface area is 232 Å². The molecule has 0 saturated carbocycles. The summed E-state index contributed by atoms with van der Waals surface area (Å²) in [6, 6.07) is 2.98. The van der Waals surface area contributed by atoms with Gasteiger partial charge in [0.1, 0.15) is 28.2 Å². The number of aryl methyl sites for hydroxylation is 1. The second-order valence-corrected chi connectivity index (χ2v) is 14.9. The van der Waals surface area contributed by atoms with Crippen LogP contribution in [0.25, 0.3) is 0 Å². The average Bonchev–Trinajstić information content (AvgIpc) is 3.46. The summed E-state index contributed by atoms with van der Waals surface area (Å²) < 4.78 is 72.9. The van der Waals surface area contributed by atoms with Gasteiger partial charge in [0.25, 0.3) is 20.0 Å². The molecule has 4 rings (SSSR count). The van der Waals surface area contributed by atoms with Gasteiger partial charge in [-0.15, -0.1) is 11.3 Å². The molecule has 0 aliphatic carbocycles. The van der Waals surface area contributed by atoms with Crippen LogP contribution >= 0.6 is 11.3 Å². The summed E-state index contributed by atoms with van der Waals surface area (Å²) in [5, 5.41) is 15.3. The van der Waals surface area contributed by atoms with Crippen molar-refractivity contribution in [2.24, 2.45) is 10.4 Å². The molecule has 1 atom stereocenters. The molecule has 2 aromatic rings. The zero-order valence-corrected chi connectivity index (χ0v) is 25.3. The second-order valence-electron chi connectivity index (χ2n) is 10.2. The van der Waals surface area contributed by atoms with E-state index in [1.807, 2.05) is 20.8 Å². The van der Waals surface area contributed by atoms with Gasteiger partial charge in [-0.3, -0.25) is 9.71 Å². The van der Waals surface area contributed by atoms with Crippen LogP contribution in [0.5, 0.6) is 5.75 Å². The van der Waals surface area contributed by atoms with Gasteiger partial charge in [0, 0.05) is 18.5 Å². The van der Waals surface area contributed by atoms with Crippen molar-refractivity contribution in [1.29, 1.82) is 0 Å². The predicted octanol–water partition coefficient (Wildman–Crippen LogP) is 3.85. The highest BCUT2D eigenvalue weighted by atomic mass is 32.2. The monoisotopic (exact) mass is 602 g/mol. The van der Waals surface area contributed by atoms with Crippen LogP contribution in [0.2, 0.25) is 0 Å². The highest BCUT2D eigenvalue weighted by Crippen LogP contribution is 2.43. The molecular formula is C24H34N4O8S3. The van der Waals surface area contributed by atoms with E-state index < -0.39 is 49.8 Å². The highest BCUT2D eigenvalue weighted by molar-refractivity contribution is 7.94. The van der Waals surface area contributed by atoms with Gasteiger partial charge in [-0.2, -0.15) is 4.31 Å². The number of amidine groups is 1. The van der Waals surface area contributed by atoms with Crippen molar-refractivity contribution in [2.75, 3.05) is 18.4 Å². The number of ether oxygens (including phenoxy) is 2. The largest absolute Gasteiger partial charge is 0.504 e. The molecule has 0 unspecified atom stereocenters. The molecule has 0 spiro atoms. The van der Waals surface area contributed by atoms with E-state index in [1.54, 1.807) is 39.8 Å². The van der Waals surface area contributed by atoms with E-state index in [1.165, 1.54) is 9.69 Å². The number of aromatic hydroxyl groups is 1. The molecule has 15 heteroatoms. The quantitative estimate of drug-likeness (QED) is 0.387. The third-order valence-corrected chi connectivity index (χ3v) is 11.2. The fourth-order valence-electron chi connectivity index (χ4n) is 4.26. The van der Waals surface area contributed by atoms with E-state index in [4.69, 9.17) is 18.9 Å². The summed E-state index contributed by atoms with van der Waals surface area (Å²) in [6.07, 6.45) is -1.83. The van der Waals surface area contributed by atoms with E-state index in [-0.39, 0.29) is 39.4 Å². The minimum absolute atomic E-state index is 0.00152. The summed E-state index contributed by atoms with van der Waals surface area (Å²) >= 11 is 0.822. The first kappa shape index (κ1) is 29.6. The Morgan fingerprint density at radius 3 is 2.38 bits per heavy atom. The first-order chi connectivity index (χ1) is 18.1. The Morgan fingerprint density at radius 1 is 1.23 bits per heavy atom. The topological polar surface area (TPSA) is 160 Å². The lowest BCUT2D eigenvalue weighted by Gasteiger charge is -2.33. The smallest absolute Gasteiger partial charge is 0.266 e. The molecule has 2 aliphatic heterocycles. The number of sulfonamides is 2. The molecule has 0 bridgehead atoms. The highest BCUT2D eigenvalue weighted by Gasteiger charge is 2.47. The van der Waals surface area contributed by atoms with Crippen molar-refractivity contribution < 1.29 is 35.8 Å². The maximum absolute atomic E-state index is 13.3. The van der Waals surface area contributed by atoms with Crippen molar-refractivity contribution in [1.82, 2.24) is 9.03 Å². The normalized spacial score (nSPS) is 23.2. The maximum atomic E-state index is 13.3. The van der Waals surface area contributed by atoms with E-state index in [2.05, 4.69) is 10.0 Å². The third-order valence-electron chi connectivity index (χ3n) is 6.23. The van der Waals surface area contributed by atoms with Gasteiger partial charge >= 0.3 is 0 Å². The lowest BCUT2D eigenvalue weighted by atomic mass is 9.85. The summed E-state index contributed by atoms with van der Waals surface area (Å²) in [6.45, 7) is 13.1. The first-order valence-electron chi connectivity index (χ1n) is 12.4. The Kier molecular flexibility index (Phi) is 7.97. The van der Waals surface area contributed by atoms with Crippen molar-refractivity contribution in [2.45, 2.75) is 71.3 Å². The minimum Gasteiger partial charge on any atom is -0.504 e. The number of nitrogens with one attached hydrogen (secondary N) is 2. The van der Waals surface area contributed by atoms with Crippen LogP contribution in [0.4, 0.5) is 5.69 Å². The van der Waals surface area contributed by atoms with Gasteiger partial charge in [-0.1, -0.05) is 34.6 Å². The van der Waals surface area contributed by atoms with Crippen molar-refractivity contribution >= 4 is 42.9 Å². The molecule has 4 heterocycles. The molecule has 0 aromatic carbocycles. The Morgan fingerprint density at radius 2 is 1.87 bits per heavy atom. The van der Waals surface area contributed by atoms with Crippen LogP contribution in [0.15, 0.2) is 41.7 Å². The Balaban J connectivity index is 1.84. The van der Waals surface area contributed by atoms with Crippen molar-refractivity contribution in [3.8, 4) is 5.75 Å². The van der Waals surface area contributed by atoms with Crippen LogP contribution in [-0.2, 0) is 29.5 Å². The Bertz CT molecular complexity index is 1510. The molecule has 0 amide bonds. The van der Waals surface area contributed by atoms with Gasteiger partial charge in [0.2, 0.25) is 6.29 Å². The van der Waals surface area contributed by atoms with Crippen LogP contribution < -0.4 is 10.0 Å². The van der Waals surface area contributed by atoms with Crippen LogP contribution in [0.3, 0.4) is 0 Å². The number of hydrogen-bond acceptors (Lipinski definition) is 11. The molecule has 0 radical (unpaired) electrons. The van der Waals surface area contributed by atoms with Crippen molar-refractivity contribution in [3.63, 3.8) is 0 Å². The first-order valence-corrected chi connectivity index (χ1v) is 16.2. The van der Waals surface area contributed by atoms with E-state index in [0.717, 1.165) is 11.3 Å². The predicted molar refractivity (Wildman–Crippen MR) is 147 cm³/mol. The van der Waals surface area contributed by atoms with Crippen LogP contribution in [0, 0.1) is 12.3 Å². The van der Waals surface area contributed by atoms with Crippen LogP contribution in [0.1, 0.15) is 59.1 Å². The zero-order chi connectivity index (χ0) is 28.9. The van der Waals surface area contributed by atoms with Crippen molar-refractivity contribution in [3.05, 3.63) is 39.6 Å². The zero-order valence-electron chi connectivity index (χ0n) is 22.8. The molecule has 2 aliphatic rings. The second kappa shape index (κ2) is 10.5. The summed E-state index contributed by atoms with van der Waals surface area (Å²) in [4.78, 5) is 4.49. The number of nitrogens with zero attached hydrogens (tertiary/aromatic N) is 2. The number of aliphatic imine (C=N–C) groups is 1. The third kappa shape index (κ3) is 5.60. The molecule has 12 nitrogen and oxygen atoms in total. The fourth-order valence-corrected chi connectivity index (χ4v) is 8.39. The molecular weight excluding hydrogens is 568 g/mol. The molecule has 2 aromatic heterocycles. The minimum atomic E-state index is -4.16. The summed E-state index contributed by atoms with van der Waals surface area (Å²) in [5.41, 5.74) is -0.507. The number of rotatable bonds is 9. The maximum Gasteiger partial charge on any atom is 0.266 e. The lowest BCUT2D eigenvalue weighted by molar-refractivity contribution is -0.356. The molecule has 39 heavy (non-hydrogen) atoms.